The maximum absolute atomic E-state index is 13.3. The third-order valence-electron chi connectivity index (χ3n) is 5.59. The molecule has 0 radical (unpaired) electrons. The molecule has 1 spiro atoms. The molecule has 5 nitrogen and oxygen atoms in total. The van der Waals surface area contributed by atoms with Crippen molar-refractivity contribution in [3.63, 3.8) is 0 Å². The highest BCUT2D eigenvalue weighted by Gasteiger charge is 2.67. The summed E-state index contributed by atoms with van der Waals surface area (Å²) in [6.07, 6.45) is 4.38. The molecule has 3 heterocycles. The maximum Gasteiger partial charge on any atom is 0.312 e. The van der Waals surface area contributed by atoms with Gasteiger partial charge in [0.25, 0.3) is 0 Å². The van der Waals surface area contributed by atoms with Crippen molar-refractivity contribution in [3.8, 4) is 0 Å². The molecule has 5 heteroatoms. The van der Waals surface area contributed by atoms with Crippen LogP contribution in [0.25, 0.3) is 0 Å². The second-order valence-electron chi connectivity index (χ2n) is 7.83. The lowest BCUT2D eigenvalue weighted by molar-refractivity contribution is -0.153. The van der Waals surface area contributed by atoms with E-state index in [1.54, 1.807) is 4.90 Å². The van der Waals surface area contributed by atoms with E-state index in [2.05, 4.69) is 6.92 Å². The highest BCUT2D eigenvalue weighted by molar-refractivity contribution is 6.03. The predicted octanol–water partition coefficient (Wildman–Crippen LogP) is 2.73. The minimum Gasteiger partial charge on any atom is -0.465 e. The first-order chi connectivity index (χ1) is 12.5. The number of esters is 1. The second-order valence-corrected chi connectivity index (χ2v) is 7.83. The SMILES string of the molecule is CCc1ccccc1N1C[C@]23C=C[C@H](O2)[C@H](C(=O)OCC(C)C)[C@@H]3C1=O. The van der Waals surface area contributed by atoms with Crippen molar-refractivity contribution in [1.82, 2.24) is 0 Å². The Kier molecular flexibility index (Phi) is 4.14. The summed E-state index contributed by atoms with van der Waals surface area (Å²) in [5.74, 6) is -1.15. The molecule has 3 aliphatic heterocycles. The molecule has 2 saturated heterocycles. The first-order valence-corrected chi connectivity index (χ1v) is 9.40. The summed E-state index contributed by atoms with van der Waals surface area (Å²) in [7, 11) is 0. The van der Waals surface area contributed by atoms with Crippen molar-refractivity contribution >= 4 is 17.6 Å². The average Bonchev–Trinajstić information content (AvgIpc) is 3.28. The standard InChI is InChI=1S/C21H25NO4/c1-4-14-7-5-6-8-15(14)22-12-21-10-9-16(26-21)17(18(21)19(22)23)20(24)25-11-13(2)3/h5-10,13,16-18H,4,11-12H2,1-3H3/t16-,17-,18+,21-/m0/s1. The van der Waals surface area contributed by atoms with Crippen LogP contribution < -0.4 is 4.90 Å². The Morgan fingerprint density at radius 1 is 1.38 bits per heavy atom. The molecule has 138 valence electrons. The molecule has 2 fully saturated rings. The van der Waals surface area contributed by atoms with Crippen molar-refractivity contribution in [2.75, 3.05) is 18.1 Å². The monoisotopic (exact) mass is 355 g/mol. The molecule has 1 aromatic rings. The van der Waals surface area contributed by atoms with Gasteiger partial charge in [-0.1, -0.05) is 51.1 Å². The maximum atomic E-state index is 13.3. The number of hydrogen-bond donors (Lipinski definition) is 0. The van der Waals surface area contributed by atoms with Crippen LogP contribution in [0.3, 0.4) is 0 Å². The zero-order valence-electron chi connectivity index (χ0n) is 15.5. The van der Waals surface area contributed by atoms with Crippen LogP contribution in [0.15, 0.2) is 36.4 Å². The van der Waals surface area contributed by atoms with Gasteiger partial charge in [0.05, 0.1) is 25.2 Å². The summed E-state index contributed by atoms with van der Waals surface area (Å²) < 4.78 is 11.6. The quantitative estimate of drug-likeness (QED) is 0.602. The number of benzene rings is 1. The fraction of sp³-hybridized carbons (Fsp3) is 0.524. The molecule has 2 bridgehead atoms. The van der Waals surface area contributed by atoms with E-state index in [4.69, 9.17) is 9.47 Å². The average molecular weight is 355 g/mol. The van der Waals surface area contributed by atoms with E-state index in [1.165, 1.54) is 0 Å². The molecule has 0 aliphatic carbocycles. The summed E-state index contributed by atoms with van der Waals surface area (Å²) in [5, 5.41) is 0. The first-order valence-electron chi connectivity index (χ1n) is 9.40. The van der Waals surface area contributed by atoms with Gasteiger partial charge < -0.3 is 14.4 Å². The van der Waals surface area contributed by atoms with Gasteiger partial charge >= 0.3 is 5.97 Å². The zero-order chi connectivity index (χ0) is 18.5. The predicted molar refractivity (Wildman–Crippen MR) is 97.7 cm³/mol. The summed E-state index contributed by atoms with van der Waals surface area (Å²) in [6, 6.07) is 7.93. The van der Waals surface area contributed by atoms with Gasteiger partial charge in [-0.15, -0.1) is 0 Å². The molecule has 3 aliphatic rings. The number of nitrogens with zero attached hydrogens (tertiary/aromatic N) is 1. The van der Waals surface area contributed by atoms with Crippen LogP contribution in [0.2, 0.25) is 0 Å². The molecule has 1 amide bonds. The lowest BCUT2D eigenvalue weighted by atomic mass is 9.77. The third-order valence-corrected chi connectivity index (χ3v) is 5.59. The molecule has 4 atom stereocenters. The van der Waals surface area contributed by atoms with E-state index in [0.29, 0.717) is 13.2 Å². The van der Waals surface area contributed by atoms with Crippen LogP contribution >= 0.6 is 0 Å². The van der Waals surface area contributed by atoms with Gasteiger partial charge in [0, 0.05) is 5.69 Å². The van der Waals surface area contributed by atoms with E-state index < -0.39 is 17.4 Å². The first kappa shape index (κ1) is 17.3. The van der Waals surface area contributed by atoms with Gasteiger partial charge in [-0.05, 0) is 24.0 Å². The molecule has 0 N–H and O–H groups in total. The lowest BCUT2D eigenvalue weighted by Gasteiger charge is -2.23. The highest BCUT2D eigenvalue weighted by atomic mass is 16.6. The number of carbonyl (C=O) groups excluding carboxylic acids is 2. The van der Waals surface area contributed by atoms with E-state index in [-0.39, 0.29) is 23.9 Å². The molecule has 0 aromatic heterocycles. The number of para-hydroxylation sites is 1. The van der Waals surface area contributed by atoms with Gasteiger partial charge in [0.2, 0.25) is 5.91 Å². The van der Waals surface area contributed by atoms with E-state index >= 15 is 0 Å². The number of amides is 1. The number of fused-ring (bicyclic) bond motifs is 1. The molecule has 0 unspecified atom stereocenters. The summed E-state index contributed by atoms with van der Waals surface area (Å²) in [4.78, 5) is 27.8. The Morgan fingerprint density at radius 3 is 2.88 bits per heavy atom. The van der Waals surface area contributed by atoms with Crippen LogP contribution in [0.5, 0.6) is 0 Å². The summed E-state index contributed by atoms with van der Waals surface area (Å²) in [5.41, 5.74) is 1.33. The smallest absolute Gasteiger partial charge is 0.312 e. The van der Waals surface area contributed by atoms with E-state index in [0.717, 1.165) is 17.7 Å². The fourth-order valence-corrected chi connectivity index (χ4v) is 4.39. The number of anilines is 1. The number of hydrogen-bond acceptors (Lipinski definition) is 4. The van der Waals surface area contributed by atoms with Crippen LogP contribution in [0.4, 0.5) is 5.69 Å². The van der Waals surface area contributed by atoms with Gasteiger partial charge in [0.1, 0.15) is 11.5 Å². The van der Waals surface area contributed by atoms with E-state index in [1.807, 2.05) is 50.3 Å². The number of rotatable bonds is 5. The molecular formula is C21H25NO4. The molecule has 1 aromatic carbocycles. The van der Waals surface area contributed by atoms with Crippen LogP contribution in [0.1, 0.15) is 26.3 Å². The third kappa shape index (κ3) is 2.49. The number of aryl methyl sites for hydroxylation is 1. The fourth-order valence-electron chi connectivity index (χ4n) is 4.39. The van der Waals surface area contributed by atoms with Crippen LogP contribution in [0, 0.1) is 17.8 Å². The van der Waals surface area contributed by atoms with Crippen molar-refractivity contribution in [2.45, 2.75) is 38.9 Å². The van der Waals surface area contributed by atoms with Gasteiger partial charge in [-0.3, -0.25) is 9.59 Å². The topological polar surface area (TPSA) is 55.8 Å². The molecule has 26 heavy (non-hydrogen) atoms. The Labute approximate surface area is 154 Å². The van der Waals surface area contributed by atoms with Crippen molar-refractivity contribution in [1.29, 1.82) is 0 Å². The van der Waals surface area contributed by atoms with Gasteiger partial charge in [-0.25, -0.2) is 0 Å². The van der Waals surface area contributed by atoms with Crippen LogP contribution in [-0.4, -0.2) is 36.7 Å². The summed E-state index contributed by atoms with van der Waals surface area (Å²) >= 11 is 0. The summed E-state index contributed by atoms with van der Waals surface area (Å²) in [6.45, 7) is 6.88. The van der Waals surface area contributed by atoms with Gasteiger partial charge in [-0.2, -0.15) is 0 Å². The van der Waals surface area contributed by atoms with Crippen molar-refractivity contribution < 1.29 is 19.1 Å². The largest absolute Gasteiger partial charge is 0.465 e. The molecule has 0 saturated carbocycles. The number of ether oxygens (including phenoxy) is 2. The minimum absolute atomic E-state index is 0.0377. The number of carbonyl (C=O) groups is 2. The Bertz CT molecular complexity index is 771. The Hall–Kier alpha value is -2.14. The Balaban J connectivity index is 1.64. The van der Waals surface area contributed by atoms with E-state index in [9.17, 15) is 9.59 Å². The normalized spacial score (nSPS) is 31.8. The van der Waals surface area contributed by atoms with Gasteiger partial charge in [0.15, 0.2) is 0 Å². The van der Waals surface area contributed by atoms with Crippen molar-refractivity contribution in [3.05, 3.63) is 42.0 Å². The second kappa shape index (κ2) is 6.23. The highest BCUT2D eigenvalue weighted by Crippen LogP contribution is 2.53. The van der Waals surface area contributed by atoms with Crippen LogP contribution in [-0.2, 0) is 25.5 Å². The minimum atomic E-state index is -0.704. The zero-order valence-corrected chi connectivity index (χ0v) is 15.5. The van der Waals surface area contributed by atoms with Crippen molar-refractivity contribution in [2.24, 2.45) is 17.8 Å². The molecule has 4 rings (SSSR count). The lowest BCUT2D eigenvalue weighted by Crippen LogP contribution is -2.40. The Morgan fingerprint density at radius 2 is 2.15 bits per heavy atom. The molecular weight excluding hydrogens is 330 g/mol.